The van der Waals surface area contributed by atoms with Gasteiger partial charge in [0.25, 0.3) is 5.56 Å². The van der Waals surface area contributed by atoms with E-state index in [0.29, 0.717) is 48.4 Å². The molecule has 200 valence electrons. The van der Waals surface area contributed by atoms with Crippen molar-refractivity contribution in [1.82, 2.24) is 4.57 Å². The number of aromatic nitrogens is 1. The minimum atomic E-state index is -0.782. The van der Waals surface area contributed by atoms with E-state index in [0.717, 1.165) is 0 Å². The fourth-order valence-electron chi connectivity index (χ4n) is 4.27. The molecule has 0 aliphatic carbocycles. The van der Waals surface area contributed by atoms with Gasteiger partial charge in [0.1, 0.15) is 5.75 Å². The lowest BCUT2D eigenvalue weighted by atomic mass is 9.95. The largest absolute Gasteiger partial charge is 0.496 e. The Hall–Kier alpha value is -3.56. The number of hydrogen-bond acceptors (Lipinski definition) is 8. The molecule has 4 rings (SSSR count). The van der Waals surface area contributed by atoms with E-state index in [-0.39, 0.29) is 23.8 Å². The Bertz CT molecular complexity index is 1590. The summed E-state index contributed by atoms with van der Waals surface area (Å²) in [6.07, 6.45) is 1.66. The maximum atomic E-state index is 13.9. The zero-order chi connectivity index (χ0) is 27.6. The molecule has 0 spiro atoms. The molecule has 3 aromatic rings. The molecular weight excluding hydrogens is 528 g/mol. The third-order valence-corrected chi connectivity index (χ3v) is 7.08. The fourth-order valence-corrected chi connectivity index (χ4v) is 5.49. The van der Waals surface area contributed by atoms with E-state index < -0.39 is 12.0 Å². The molecule has 10 heteroatoms. The molecule has 0 N–H and O–H groups in total. The monoisotopic (exact) mass is 556 g/mol. The van der Waals surface area contributed by atoms with Crippen molar-refractivity contribution in [3.8, 4) is 17.2 Å². The molecule has 1 atom stereocenters. The van der Waals surface area contributed by atoms with Gasteiger partial charge in [0, 0.05) is 10.6 Å². The number of carbonyl (C=O) groups is 1. The van der Waals surface area contributed by atoms with Crippen molar-refractivity contribution < 1.29 is 23.7 Å². The molecule has 1 aliphatic rings. The molecular formula is C28H29ClN2O6S. The second kappa shape index (κ2) is 11.4. The van der Waals surface area contributed by atoms with Crippen molar-refractivity contribution in [2.75, 3.05) is 20.8 Å². The highest BCUT2D eigenvalue weighted by atomic mass is 35.5. The third-order valence-electron chi connectivity index (χ3n) is 5.86. The van der Waals surface area contributed by atoms with Gasteiger partial charge in [-0.1, -0.05) is 29.0 Å². The Balaban J connectivity index is 1.97. The van der Waals surface area contributed by atoms with Crippen molar-refractivity contribution in [3.05, 3.63) is 83.5 Å². The van der Waals surface area contributed by atoms with Crippen LogP contribution in [0, 0.1) is 0 Å². The van der Waals surface area contributed by atoms with Gasteiger partial charge in [-0.25, -0.2) is 9.79 Å². The van der Waals surface area contributed by atoms with E-state index in [9.17, 15) is 9.59 Å². The Morgan fingerprint density at radius 3 is 2.50 bits per heavy atom. The van der Waals surface area contributed by atoms with Gasteiger partial charge in [0.05, 0.1) is 48.8 Å². The summed E-state index contributed by atoms with van der Waals surface area (Å²) in [6.45, 7) is 7.50. The Morgan fingerprint density at radius 2 is 1.84 bits per heavy atom. The number of rotatable bonds is 8. The number of halogens is 1. The molecule has 0 saturated carbocycles. The summed E-state index contributed by atoms with van der Waals surface area (Å²) in [7, 11) is 3.10. The van der Waals surface area contributed by atoms with Crippen LogP contribution in [0.15, 0.2) is 57.5 Å². The van der Waals surface area contributed by atoms with Gasteiger partial charge in [-0.3, -0.25) is 9.36 Å². The predicted octanol–water partition coefficient (Wildman–Crippen LogP) is 4.26. The molecule has 0 saturated heterocycles. The number of thiazole rings is 1. The van der Waals surface area contributed by atoms with Crippen LogP contribution in [-0.4, -0.2) is 37.5 Å². The van der Waals surface area contributed by atoms with Gasteiger partial charge >= 0.3 is 5.97 Å². The maximum Gasteiger partial charge on any atom is 0.338 e. The molecule has 0 radical (unpaired) electrons. The highest BCUT2D eigenvalue weighted by Crippen LogP contribution is 2.36. The molecule has 38 heavy (non-hydrogen) atoms. The normalized spacial score (nSPS) is 15.3. The molecule has 1 aliphatic heterocycles. The van der Waals surface area contributed by atoms with Crippen LogP contribution >= 0.6 is 22.9 Å². The van der Waals surface area contributed by atoms with Crippen molar-refractivity contribution >= 4 is 35.0 Å². The molecule has 8 nitrogen and oxygen atoms in total. The third kappa shape index (κ3) is 5.35. The van der Waals surface area contributed by atoms with Crippen LogP contribution in [0.25, 0.3) is 6.08 Å². The first-order valence-electron chi connectivity index (χ1n) is 12.1. The van der Waals surface area contributed by atoms with E-state index in [2.05, 4.69) is 4.99 Å². The summed E-state index contributed by atoms with van der Waals surface area (Å²) in [6, 6.07) is 9.77. The fraction of sp³-hybridized carbons (Fsp3) is 0.321. The summed E-state index contributed by atoms with van der Waals surface area (Å²) in [5.41, 5.74) is 1.76. The smallest absolute Gasteiger partial charge is 0.338 e. The van der Waals surface area contributed by atoms with Crippen LogP contribution in [0.3, 0.4) is 0 Å². The average Bonchev–Trinajstić information content (AvgIpc) is 3.17. The Labute approximate surface area is 229 Å². The van der Waals surface area contributed by atoms with Gasteiger partial charge in [0.15, 0.2) is 16.3 Å². The maximum absolute atomic E-state index is 13.9. The second-order valence-electron chi connectivity index (χ2n) is 8.77. The van der Waals surface area contributed by atoms with Gasteiger partial charge in [-0.15, -0.1) is 0 Å². The molecule has 1 aromatic heterocycles. The lowest BCUT2D eigenvalue weighted by Gasteiger charge is -2.25. The van der Waals surface area contributed by atoms with Crippen molar-refractivity contribution in [2.45, 2.75) is 39.8 Å². The van der Waals surface area contributed by atoms with Crippen LogP contribution in [0.2, 0.25) is 5.02 Å². The molecule has 2 aromatic carbocycles. The zero-order valence-corrected chi connectivity index (χ0v) is 23.6. The van der Waals surface area contributed by atoms with Gasteiger partial charge in [-0.05, 0) is 69.7 Å². The van der Waals surface area contributed by atoms with Crippen LogP contribution < -0.4 is 29.1 Å². The van der Waals surface area contributed by atoms with Gasteiger partial charge in [0.2, 0.25) is 0 Å². The molecule has 0 amide bonds. The van der Waals surface area contributed by atoms with Crippen LogP contribution in [-0.2, 0) is 9.53 Å². The number of methoxy groups -OCH3 is 2. The second-order valence-corrected chi connectivity index (χ2v) is 10.2. The molecule has 0 bridgehead atoms. The standard InChI is InChI=1S/C28H29ClN2O6S/c1-7-36-27(33)24-16(4)30-28-31(25(24)17-8-10-21(37-15(2)3)22(13-17)35-6)26(32)23(38-28)14-18-12-19(29)9-11-20(18)34-5/h8-15,25H,7H2,1-6H3. The Morgan fingerprint density at radius 1 is 1.13 bits per heavy atom. The number of hydrogen-bond donors (Lipinski definition) is 0. The highest BCUT2D eigenvalue weighted by molar-refractivity contribution is 7.07. The SMILES string of the molecule is CCOC(=O)C1=C(C)N=c2sc(=Cc3cc(Cl)ccc3OC)c(=O)n2C1c1ccc(OC(C)C)c(OC)c1. The van der Waals surface area contributed by atoms with E-state index in [4.69, 9.17) is 30.5 Å². The molecule has 1 unspecified atom stereocenters. The quantitative estimate of drug-likeness (QED) is 0.385. The minimum Gasteiger partial charge on any atom is -0.496 e. The van der Waals surface area contributed by atoms with Crippen LogP contribution in [0.1, 0.15) is 44.9 Å². The Kier molecular flexibility index (Phi) is 8.28. The number of benzene rings is 2. The first kappa shape index (κ1) is 27.5. The first-order valence-corrected chi connectivity index (χ1v) is 13.3. The van der Waals surface area contributed by atoms with E-state index in [1.807, 2.05) is 19.9 Å². The predicted molar refractivity (Wildman–Crippen MR) is 147 cm³/mol. The minimum absolute atomic E-state index is 0.0619. The van der Waals surface area contributed by atoms with Crippen LogP contribution in [0.4, 0.5) is 0 Å². The van der Waals surface area contributed by atoms with Crippen LogP contribution in [0.5, 0.6) is 17.2 Å². The lowest BCUT2D eigenvalue weighted by Crippen LogP contribution is -2.40. The van der Waals surface area contributed by atoms with E-state index >= 15 is 0 Å². The first-order chi connectivity index (χ1) is 18.2. The number of ether oxygens (including phenoxy) is 4. The topological polar surface area (TPSA) is 88.4 Å². The number of allylic oxidation sites excluding steroid dienone is 1. The number of nitrogens with zero attached hydrogens (tertiary/aromatic N) is 2. The highest BCUT2D eigenvalue weighted by Gasteiger charge is 2.34. The molecule has 2 heterocycles. The van der Waals surface area contributed by atoms with Crippen molar-refractivity contribution in [2.24, 2.45) is 4.99 Å². The number of carbonyl (C=O) groups excluding carboxylic acids is 1. The summed E-state index contributed by atoms with van der Waals surface area (Å²) >= 11 is 7.43. The summed E-state index contributed by atoms with van der Waals surface area (Å²) in [5.74, 6) is 1.08. The summed E-state index contributed by atoms with van der Waals surface area (Å²) in [5, 5.41) is 0.513. The van der Waals surface area contributed by atoms with E-state index in [1.54, 1.807) is 64.5 Å². The zero-order valence-electron chi connectivity index (χ0n) is 22.0. The number of esters is 1. The summed E-state index contributed by atoms with van der Waals surface area (Å²) < 4.78 is 24.2. The number of fused-ring (bicyclic) bond motifs is 1. The van der Waals surface area contributed by atoms with Gasteiger partial charge in [-0.2, -0.15) is 0 Å². The van der Waals surface area contributed by atoms with Crippen molar-refractivity contribution in [3.63, 3.8) is 0 Å². The summed E-state index contributed by atoms with van der Waals surface area (Å²) in [4.78, 5) is 32.1. The van der Waals surface area contributed by atoms with Gasteiger partial charge < -0.3 is 18.9 Å². The molecule has 0 fully saturated rings. The lowest BCUT2D eigenvalue weighted by molar-refractivity contribution is -0.139. The van der Waals surface area contributed by atoms with Crippen molar-refractivity contribution in [1.29, 1.82) is 0 Å². The van der Waals surface area contributed by atoms with E-state index in [1.165, 1.54) is 15.9 Å². The average molecular weight is 557 g/mol.